The second-order valence-corrected chi connectivity index (χ2v) is 9.09. The normalized spacial score (nSPS) is 19.8. The van der Waals surface area contributed by atoms with Crippen LogP contribution in [0.1, 0.15) is 36.9 Å². The number of carbonyl (C=O) groups excluding carboxylic acids is 3. The van der Waals surface area contributed by atoms with Gasteiger partial charge in [0.1, 0.15) is 19.0 Å². The van der Waals surface area contributed by atoms with Crippen LogP contribution in [0.15, 0.2) is 42.5 Å². The van der Waals surface area contributed by atoms with E-state index in [1.165, 1.54) is 19.1 Å². The van der Waals surface area contributed by atoms with Gasteiger partial charge in [-0.1, -0.05) is 18.2 Å². The number of rotatable bonds is 9. The molecule has 0 unspecified atom stereocenters. The summed E-state index contributed by atoms with van der Waals surface area (Å²) in [7, 11) is 4.75. The van der Waals surface area contributed by atoms with E-state index in [0.717, 1.165) is 5.56 Å². The summed E-state index contributed by atoms with van der Waals surface area (Å²) in [6.45, 7) is 3.24. The quantitative estimate of drug-likeness (QED) is 0.493. The van der Waals surface area contributed by atoms with E-state index in [0.29, 0.717) is 36.0 Å². The van der Waals surface area contributed by atoms with Crippen molar-refractivity contribution < 1.29 is 33.3 Å². The molecule has 2 aliphatic rings. The molecule has 2 aromatic rings. The molecule has 0 aliphatic carbocycles. The van der Waals surface area contributed by atoms with E-state index in [1.807, 2.05) is 25.1 Å². The van der Waals surface area contributed by atoms with Crippen LogP contribution in [0.4, 0.5) is 0 Å². The zero-order chi connectivity index (χ0) is 25.9. The van der Waals surface area contributed by atoms with Gasteiger partial charge in [0.05, 0.1) is 31.7 Å². The Morgan fingerprint density at radius 1 is 1.11 bits per heavy atom. The Morgan fingerprint density at radius 3 is 2.58 bits per heavy atom. The lowest BCUT2D eigenvalue weighted by atomic mass is 9.75. The summed E-state index contributed by atoms with van der Waals surface area (Å²) in [6.07, 6.45) is -0.250. The van der Waals surface area contributed by atoms with Crippen molar-refractivity contribution in [1.82, 2.24) is 9.80 Å². The zero-order valence-electron chi connectivity index (χ0n) is 21.1. The summed E-state index contributed by atoms with van der Waals surface area (Å²) >= 11 is 0. The van der Waals surface area contributed by atoms with Crippen LogP contribution in [0.5, 0.6) is 17.2 Å². The maximum atomic E-state index is 13.7. The van der Waals surface area contributed by atoms with Crippen molar-refractivity contribution in [2.75, 3.05) is 47.6 Å². The summed E-state index contributed by atoms with van der Waals surface area (Å²) in [4.78, 5) is 43.1. The third-order valence-electron chi connectivity index (χ3n) is 7.03. The first-order chi connectivity index (χ1) is 17.3. The first-order valence-corrected chi connectivity index (χ1v) is 11.9. The first kappa shape index (κ1) is 25.5. The Balaban J connectivity index is 1.62. The topological polar surface area (TPSA) is 94.6 Å². The molecule has 1 saturated heterocycles. The molecule has 9 heteroatoms. The number of methoxy groups -OCH3 is 2. The fraction of sp³-hybridized carbons (Fsp3) is 0.444. The molecule has 0 bridgehead atoms. The number of benzene rings is 2. The van der Waals surface area contributed by atoms with Gasteiger partial charge in [-0.2, -0.15) is 0 Å². The van der Waals surface area contributed by atoms with Gasteiger partial charge in [0, 0.05) is 27.0 Å². The molecular formula is C27H32N2O7. The Hall–Kier alpha value is -3.59. The molecule has 192 valence electrons. The summed E-state index contributed by atoms with van der Waals surface area (Å²) < 4.78 is 21.7. The largest absolute Gasteiger partial charge is 0.497 e. The van der Waals surface area contributed by atoms with Crippen molar-refractivity contribution in [3.05, 3.63) is 53.6 Å². The molecule has 36 heavy (non-hydrogen) atoms. The van der Waals surface area contributed by atoms with Crippen LogP contribution in [-0.2, 0) is 24.5 Å². The Bertz CT molecular complexity index is 1150. The van der Waals surface area contributed by atoms with Crippen LogP contribution in [0.2, 0.25) is 0 Å². The van der Waals surface area contributed by atoms with Gasteiger partial charge in [0.25, 0.3) is 0 Å². The van der Waals surface area contributed by atoms with Crippen molar-refractivity contribution in [3.63, 3.8) is 0 Å². The van der Waals surface area contributed by atoms with Crippen LogP contribution in [0.25, 0.3) is 0 Å². The fourth-order valence-electron chi connectivity index (χ4n) is 4.74. The van der Waals surface area contributed by atoms with Crippen molar-refractivity contribution >= 4 is 17.7 Å². The average molecular weight is 497 g/mol. The first-order valence-electron chi connectivity index (χ1n) is 11.9. The monoisotopic (exact) mass is 496 g/mol. The molecule has 2 atom stereocenters. The van der Waals surface area contributed by atoms with Crippen molar-refractivity contribution in [2.24, 2.45) is 0 Å². The average Bonchev–Trinajstić information content (AvgIpc) is 3.15. The number of likely N-dealkylation sites (tertiary alicyclic amines) is 1. The minimum atomic E-state index is -1.32. The summed E-state index contributed by atoms with van der Waals surface area (Å²) in [5.41, 5.74) is 0.131. The van der Waals surface area contributed by atoms with Crippen LogP contribution in [0.3, 0.4) is 0 Å². The van der Waals surface area contributed by atoms with Crippen molar-refractivity contribution in [1.29, 1.82) is 0 Å². The smallest absolute Gasteiger partial charge is 0.240 e. The number of amides is 3. The SMILES string of the molecule is COCCN1C(=O)C[C@](CC(=O)N(C)[C@@H](C)c2ccc3c(c2)OCCO3)(c2cccc(OC)c2)C1=O. The number of ether oxygens (including phenoxy) is 4. The van der Waals surface area contributed by atoms with Gasteiger partial charge in [-0.15, -0.1) is 0 Å². The van der Waals surface area contributed by atoms with Crippen molar-refractivity contribution in [2.45, 2.75) is 31.2 Å². The number of hydrogen-bond donors (Lipinski definition) is 0. The highest BCUT2D eigenvalue weighted by atomic mass is 16.6. The molecular weight excluding hydrogens is 464 g/mol. The van der Waals surface area contributed by atoms with Crippen LogP contribution in [0, 0.1) is 0 Å². The highest BCUT2D eigenvalue weighted by Gasteiger charge is 2.54. The molecule has 2 aromatic carbocycles. The van der Waals surface area contributed by atoms with E-state index in [-0.39, 0.29) is 43.8 Å². The predicted molar refractivity (Wildman–Crippen MR) is 131 cm³/mol. The third kappa shape index (κ3) is 4.75. The van der Waals surface area contributed by atoms with E-state index in [4.69, 9.17) is 18.9 Å². The van der Waals surface area contributed by atoms with E-state index in [9.17, 15) is 14.4 Å². The van der Waals surface area contributed by atoms with E-state index < -0.39 is 11.3 Å². The minimum Gasteiger partial charge on any atom is -0.497 e. The van der Waals surface area contributed by atoms with Gasteiger partial charge in [-0.3, -0.25) is 19.3 Å². The number of fused-ring (bicyclic) bond motifs is 1. The van der Waals surface area contributed by atoms with Gasteiger partial charge in [0.15, 0.2) is 11.5 Å². The van der Waals surface area contributed by atoms with E-state index >= 15 is 0 Å². The van der Waals surface area contributed by atoms with Gasteiger partial charge in [0.2, 0.25) is 17.7 Å². The van der Waals surface area contributed by atoms with E-state index in [2.05, 4.69) is 0 Å². The molecule has 0 N–H and O–H groups in total. The third-order valence-corrected chi connectivity index (χ3v) is 7.03. The minimum absolute atomic E-state index is 0.0965. The Kier molecular flexibility index (Phi) is 7.49. The maximum absolute atomic E-state index is 13.7. The molecule has 0 spiro atoms. The lowest BCUT2D eigenvalue weighted by Crippen LogP contribution is -2.43. The molecule has 9 nitrogen and oxygen atoms in total. The number of hydrogen-bond acceptors (Lipinski definition) is 7. The lowest BCUT2D eigenvalue weighted by molar-refractivity contribution is -0.143. The summed E-state index contributed by atoms with van der Waals surface area (Å²) in [5.74, 6) is 0.892. The Labute approximate surface area is 210 Å². The molecule has 0 radical (unpaired) electrons. The van der Waals surface area contributed by atoms with Crippen molar-refractivity contribution in [3.8, 4) is 17.2 Å². The van der Waals surface area contributed by atoms with E-state index in [1.54, 1.807) is 36.2 Å². The number of nitrogens with zero attached hydrogens (tertiary/aromatic N) is 2. The van der Waals surface area contributed by atoms with Crippen LogP contribution in [-0.4, -0.2) is 75.2 Å². The van der Waals surface area contributed by atoms with Crippen LogP contribution >= 0.6 is 0 Å². The number of imide groups is 1. The zero-order valence-corrected chi connectivity index (χ0v) is 21.1. The van der Waals surface area contributed by atoms with Gasteiger partial charge < -0.3 is 23.8 Å². The van der Waals surface area contributed by atoms with Crippen LogP contribution < -0.4 is 14.2 Å². The molecule has 2 heterocycles. The highest BCUT2D eigenvalue weighted by molar-refractivity contribution is 6.10. The summed E-state index contributed by atoms with van der Waals surface area (Å²) in [6, 6.07) is 12.3. The number of carbonyl (C=O) groups is 3. The maximum Gasteiger partial charge on any atom is 0.240 e. The fourth-order valence-corrected chi connectivity index (χ4v) is 4.74. The molecule has 0 aromatic heterocycles. The standard InChI is InChI=1S/C27H32N2O7/c1-18(19-8-9-22-23(14-19)36-13-12-35-22)28(2)24(30)16-27(20-6-5-7-21(15-20)34-4)17-25(31)29(26(27)32)10-11-33-3/h5-9,14-15,18H,10-13,16-17H2,1-4H3/t18-,27+/m0/s1. The van der Waals surface area contributed by atoms with Gasteiger partial charge >= 0.3 is 0 Å². The van der Waals surface area contributed by atoms with Gasteiger partial charge in [-0.05, 0) is 42.3 Å². The molecule has 2 aliphatic heterocycles. The second-order valence-electron chi connectivity index (χ2n) is 9.09. The predicted octanol–water partition coefficient (Wildman–Crippen LogP) is 2.72. The molecule has 0 saturated carbocycles. The molecule has 3 amide bonds. The van der Waals surface area contributed by atoms with Gasteiger partial charge in [-0.25, -0.2) is 0 Å². The lowest BCUT2D eigenvalue weighted by Gasteiger charge is -2.32. The second kappa shape index (κ2) is 10.6. The molecule has 4 rings (SSSR count). The Morgan fingerprint density at radius 2 is 1.86 bits per heavy atom. The summed E-state index contributed by atoms with van der Waals surface area (Å²) in [5, 5.41) is 0. The molecule has 1 fully saturated rings. The highest BCUT2D eigenvalue weighted by Crippen LogP contribution is 2.42.